The molecular formula is C29H26N4S. The van der Waals surface area contributed by atoms with E-state index in [2.05, 4.69) is 78.6 Å². The second kappa shape index (κ2) is 7.28. The Morgan fingerprint density at radius 2 is 1.76 bits per heavy atom. The first-order valence-corrected chi connectivity index (χ1v) is 13.0. The molecule has 2 N–H and O–H groups in total. The fourth-order valence-electron chi connectivity index (χ4n) is 5.39. The summed E-state index contributed by atoms with van der Waals surface area (Å²) in [5.41, 5.74) is 9.88. The highest BCUT2D eigenvalue weighted by molar-refractivity contribution is 7.18. The number of hydrogen-bond donors (Lipinski definition) is 2. The van der Waals surface area contributed by atoms with E-state index in [9.17, 15) is 0 Å². The summed E-state index contributed by atoms with van der Waals surface area (Å²) in [6.07, 6.45) is 2.98. The van der Waals surface area contributed by atoms with Crippen molar-refractivity contribution in [3.63, 3.8) is 0 Å². The first kappa shape index (κ1) is 20.0. The summed E-state index contributed by atoms with van der Waals surface area (Å²) < 4.78 is 1.32. The van der Waals surface area contributed by atoms with Crippen LogP contribution >= 0.6 is 11.3 Å². The zero-order valence-corrected chi connectivity index (χ0v) is 20.4. The van der Waals surface area contributed by atoms with Crippen LogP contribution in [-0.2, 0) is 19.3 Å². The summed E-state index contributed by atoms with van der Waals surface area (Å²) in [7, 11) is 0. The van der Waals surface area contributed by atoms with Crippen LogP contribution < -0.4 is 0 Å². The predicted molar refractivity (Wildman–Crippen MR) is 143 cm³/mol. The Kier molecular flexibility index (Phi) is 4.28. The number of nitrogens with zero attached hydrogens (tertiary/aromatic N) is 2. The van der Waals surface area contributed by atoms with E-state index >= 15 is 0 Å². The first-order chi connectivity index (χ1) is 16.6. The van der Waals surface area contributed by atoms with Crippen LogP contribution in [0.2, 0.25) is 0 Å². The van der Waals surface area contributed by atoms with Gasteiger partial charge in [-0.25, -0.2) is 9.97 Å². The van der Waals surface area contributed by atoms with E-state index in [0.29, 0.717) is 5.92 Å². The third kappa shape index (κ3) is 2.83. The van der Waals surface area contributed by atoms with Crippen molar-refractivity contribution < 1.29 is 0 Å². The number of benzene rings is 3. The van der Waals surface area contributed by atoms with Crippen LogP contribution in [0.5, 0.6) is 0 Å². The number of imidazole rings is 2. The highest BCUT2D eigenvalue weighted by atomic mass is 32.1. The maximum Gasteiger partial charge on any atom is 0.109 e. The van der Waals surface area contributed by atoms with Crippen molar-refractivity contribution in [3.8, 4) is 22.4 Å². The van der Waals surface area contributed by atoms with Gasteiger partial charge in [0.15, 0.2) is 0 Å². The fourth-order valence-corrected chi connectivity index (χ4v) is 6.32. The van der Waals surface area contributed by atoms with Gasteiger partial charge in [0.25, 0.3) is 0 Å². The van der Waals surface area contributed by atoms with Crippen molar-refractivity contribution in [2.45, 2.75) is 46.0 Å². The molecule has 0 atom stereocenters. The van der Waals surface area contributed by atoms with Crippen molar-refractivity contribution >= 4 is 43.2 Å². The first-order valence-electron chi connectivity index (χ1n) is 12.1. The number of nitrogens with one attached hydrogen (secondary N) is 2. The van der Waals surface area contributed by atoms with E-state index in [1.54, 1.807) is 11.3 Å². The van der Waals surface area contributed by atoms with Crippen molar-refractivity contribution in [1.82, 2.24) is 19.9 Å². The minimum atomic E-state index is 0.412. The molecule has 3 aromatic carbocycles. The summed E-state index contributed by atoms with van der Waals surface area (Å²) >= 11 is 1.81. The molecule has 0 bridgehead atoms. The normalized spacial score (nSPS) is 13.3. The lowest BCUT2D eigenvalue weighted by Crippen LogP contribution is -2.03. The lowest BCUT2D eigenvalue weighted by atomic mass is 9.89. The molecule has 0 amide bonds. The maximum atomic E-state index is 4.94. The summed E-state index contributed by atoms with van der Waals surface area (Å²) in [6, 6.07) is 16.0. The maximum absolute atomic E-state index is 4.94. The van der Waals surface area contributed by atoms with E-state index < -0.39 is 0 Å². The molecule has 4 nitrogen and oxygen atoms in total. The summed E-state index contributed by atoms with van der Waals surface area (Å²) in [5, 5.41) is 5.98. The minimum Gasteiger partial charge on any atom is -0.345 e. The van der Waals surface area contributed by atoms with Crippen molar-refractivity contribution in [1.29, 1.82) is 0 Å². The molecule has 0 fully saturated rings. The molecule has 0 saturated heterocycles. The Bertz CT molecular complexity index is 1730. The van der Waals surface area contributed by atoms with Crippen LogP contribution in [0.3, 0.4) is 0 Å². The summed E-state index contributed by atoms with van der Waals surface area (Å²) in [4.78, 5) is 17.0. The van der Waals surface area contributed by atoms with Crippen molar-refractivity contribution in [2.75, 3.05) is 0 Å². The largest absolute Gasteiger partial charge is 0.345 e. The molecule has 0 radical (unpaired) electrons. The molecule has 6 aromatic rings. The standard InChI is InChI=1S/C29H26N4S/c1-4-24-31-26-20-9-6-17(14-22(20)28-21(11-12-34-28)27(26)32-24)16-5-8-19-18(13-16)7-10-23-25(19)33-29(30-23)15(2)3/h5-6,8-9,11-15H,4,7,10H2,1-3H3,(H,30,33)(H,31,32). The number of aromatic nitrogens is 4. The van der Waals surface area contributed by atoms with Crippen LogP contribution in [0.4, 0.5) is 0 Å². The fraction of sp³-hybridized carbons (Fsp3) is 0.241. The molecule has 5 heteroatoms. The number of aryl methyl sites for hydroxylation is 3. The van der Waals surface area contributed by atoms with Crippen molar-refractivity contribution in [2.24, 2.45) is 0 Å². The zero-order valence-electron chi connectivity index (χ0n) is 19.6. The highest BCUT2D eigenvalue weighted by Crippen LogP contribution is 2.40. The van der Waals surface area contributed by atoms with Gasteiger partial charge < -0.3 is 9.97 Å². The molecule has 3 aromatic heterocycles. The molecule has 1 aliphatic carbocycles. The molecule has 168 valence electrons. The van der Waals surface area contributed by atoms with Gasteiger partial charge >= 0.3 is 0 Å². The molecule has 0 spiro atoms. The molecule has 7 rings (SSSR count). The number of aromatic amines is 2. The Balaban J connectivity index is 1.39. The van der Waals surface area contributed by atoms with Gasteiger partial charge in [-0.2, -0.15) is 0 Å². The van der Waals surface area contributed by atoms with Crippen LogP contribution in [0.15, 0.2) is 47.8 Å². The van der Waals surface area contributed by atoms with Crippen LogP contribution in [0.1, 0.15) is 49.6 Å². The van der Waals surface area contributed by atoms with Gasteiger partial charge in [-0.05, 0) is 47.0 Å². The van der Waals surface area contributed by atoms with Gasteiger partial charge in [0.1, 0.15) is 11.6 Å². The average Bonchev–Trinajstić information content (AvgIpc) is 3.60. The zero-order chi connectivity index (χ0) is 23.0. The number of rotatable bonds is 3. The molecule has 3 heterocycles. The molecule has 0 unspecified atom stereocenters. The SMILES string of the molecule is CCc1nc2c3ccsc3c3cc(-c4ccc5c(c4)CCc4[nH]c(C(C)C)nc4-5)ccc3c2[nH]1. The summed E-state index contributed by atoms with van der Waals surface area (Å²) in [5.74, 6) is 2.55. The van der Waals surface area contributed by atoms with Crippen LogP contribution in [0.25, 0.3) is 54.3 Å². The second-order valence-corrected chi connectivity index (χ2v) is 10.6. The van der Waals surface area contributed by atoms with E-state index in [-0.39, 0.29) is 0 Å². The van der Waals surface area contributed by atoms with Gasteiger partial charge in [0.05, 0.1) is 16.7 Å². The number of thiophene rings is 1. The van der Waals surface area contributed by atoms with Crippen LogP contribution in [-0.4, -0.2) is 19.9 Å². The number of fused-ring (bicyclic) bond motifs is 9. The predicted octanol–water partition coefficient (Wildman–Crippen LogP) is 7.77. The Morgan fingerprint density at radius 1 is 0.912 bits per heavy atom. The van der Waals surface area contributed by atoms with E-state index in [1.165, 1.54) is 48.8 Å². The van der Waals surface area contributed by atoms with Gasteiger partial charge in [0.2, 0.25) is 0 Å². The van der Waals surface area contributed by atoms with Gasteiger partial charge in [-0.1, -0.05) is 51.1 Å². The van der Waals surface area contributed by atoms with E-state index in [0.717, 1.165) is 47.6 Å². The monoisotopic (exact) mass is 462 g/mol. The Hall–Kier alpha value is -3.44. The Labute approximate surface area is 202 Å². The number of hydrogen-bond acceptors (Lipinski definition) is 3. The van der Waals surface area contributed by atoms with Gasteiger partial charge in [-0.3, -0.25) is 0 Å². The van der Waals surface area contributed by atoms with E-state index in [4.69, 9.17) is 9.97 Å². The smallest absolute Gasteiger partial charge is 0.109 e. The van der Waals surface area contributed by atoms with E-state index in [1.807, 2.05) is 0 Å². The highest BCUT2D eigenvalue weighted by Gasteiger charge is 2.22. The second-order valence-electron chi connectivity index (χ2n) is 9.66. The lowest BCUT2D eigenvalue weighted by molar-refractivity contribution is 0.787. The summed E-state index contributed by atoms with van der Waals surface area (Å²) in [6.45, 7) is 6.53. The minimum absolute atomic E-state index is 0.412. The quantitative estimate of drug-likeness (QED) is 0.282. The Morgan fingerprint density at radius 3 is 2.62 bits per heavy atom. The van der Waals surface area contributed by atoms with Gasteiger partial charge in [0, 0.05) is 44.5 Å². The number of H-pyrrole nitrogens is 2. The van der Waals surface area contributed by atoms with Gasteiger partial charge in [-0.15, -0.1) is 11.3 Å². The van der Waals surface area contributed by atoms with Crippen molar-refractivity contribution in [3.05, 3.63) is 70.8 Å². The molecule has 1 aliphatic rings. The average molecular weight is 463 g/mol. The topological polar surface area (TPSA) is 57.4 Å². The lowest BCUT2D eigenvalue weighted by Gasteiger charge is -2.17. The van der Waals surface area contributed by atoms with Crippen LogP contribution in [0, 0.1) is 0 Å². The third-order valence-corrected chi connectivity index (χ3v) is 8.17. The molecule has 34 heavy (non-hydrogen) atoms. The molecular weight excluding hydrogens is 436 g/mol. The third-order valence-electron chi connectivity index (χ3n) is 7.22. The molecule has 0 aliphatic heterocycles. The molecule has 0 saturated carbocycles.